The van der Waals surface area contributed by atoms with Crippen LogP contribution >= 0.6 is 0 Å². The number of anilines is 1. The van der Waals surface area contributed by atoms with Gasteiger partial charge in [-0.05, 0) is 30.0 Å². The van der Waals surface area contributed by atoms with Crippen molar-refractivity contribution in [2.24, 2.45) is 5.92 Å². The van der Waals surface area contributed by atoms with Gasteiger partial charge in [0.2, 0.25) is 0 Å². The number of hydrogen-bond donors (Lipinski definition) is 1. The van der Waals surface area contributed by atoms with Crippen LogP contribution in [0.25, 0.3) is 0 Å². The summed E-state index contributed by atoms with van der Waals surface area (Å²) >= 11 is 0. The fourth-order valence-corrected chi connectivity index (χ4v) is 2.35. The maximum absolute atomic E-state index is 5.78. The van der Waals surface area contributed by atoms with Gasteiger partial charge < -0.3 is 10.5 Å². The van der Waals surface area contributed by atoms with Crippen LogP contribution in [0.2, 0.25) is 0 Å². The van der Waals surface area contributed by atoms with E-state index in [2.05, 4.69) is 30.3 Å². The quantitative estimate of drug-likeness (QED) is 0.829. The molecule has 2 heteroatoms. The molecule has 0 spiro atoms. The Kier molecular flexibility index (Phi) is 2.93. The maximum atomic E-state index is 5.78. The number of hydrogen-bond acceptors (Lipinski definition) is 2. The lowest BCUT2D eigenvalue weighted by Gasteiger charge is -2.06. The van der Waals surface area contributed by atoms with Crippen molar-refractivity contribution in [1.82, 2.24) is 0 Å². The van der Waals surface area contributed by atoms with Crippen molar-refractivity contribution >= 4 is 5.69 Å². The molecule has 1 aliphatic rings. The smallest absolute Gasteiger partial charge is 0.121 e. The van der Waals surface area contributed by atoms with Crippen molar-refractivity contribution in [3.05, 3.63) is 60.2 Å². The van der Waals surface area contributed by atoms with Crippen molar-refractivity contribution in [2.45, 2.75) is 12.3 Å². The molecule has 0 aromatic heterocycles. The lowest BCUT2D eigenvalue weighted by molar-refractivity contribution is 0.297. The van der Waals surface area contributed by atoms with Gasteiger partial charge in [0, 0.05) is 17.7 Å². The summed E-state index contributed by atoms with van der Waals surface area (Å²) in [6.07, 6.45) is 1.23. The highest BCUT2D eigenvalue weighted by atomic mass is 16.5. The molecule has 2 nitrogen and oxygen atoms in total. The summed E-state index contributed by atoms with van der Waals surface area (Å²) < 4.78 is 5.78. The Bertz CT molecular complexity index is 524. The average molecular weight is 239 g/mol. The second kappa shape index (κ2) is 4.73. The third kappa shape index (κ3) is 2.48. The highest BCUT2D eigenvalue weighted by molar-refractivity contribution is 5.43. The Labute approximate surface area is 107 Å². The van der Waals surface area contributed by atoms with Crippen LogP contribution in [0, 0.1) is 5.92 Å². The standard InChI is InChI=1S/C16H17NO/c17-14-7-4-8-15(10-14)18-11-13-9-16(13)12-5-2-1-3-6-12/h1-8,10,13,16H,9,11,17H2/t13-,16+/m0/s1. The Hall–Kier alpha value is -1.96. The van der Waals surface area contributed by atoms with E-state index in [0.29, 0.717) is 11.8 Å². The number of nitrogen functional groups attached to an aromatic ring is 1. The van der Waals surface area contributed by atoms with E-state index in [1.807, 2.05) is 24.3 Å². The van der Waals surface area contributed by atoms with Crippen LogP contribution in [0.15, 0.2) is 54.6 Å². The van der Waals surface area contributed by atoms with Crippen molar-refractivity contribution in [3.63, 3.8) is 0 Å². The van der Waals surface area contributed by atoms with Gasteiger partial charge in [0.25, 0.3) is 0 Å². The predicted molar refractivity (Wildman–Crippen MR) is 73.6 cm³/mol. The van der Waals surface area contributed by atoms with Crippen molar-refractivity contribution in [2.75, 3.05) is 12.3 Å². The van der Waals surface area contributed by atoms with Crippen LogP contribution < -0.4 is 10.5 Å². The van der Waals surface area contributed by atoms with Gasteiger partial charge in [-0.3, -0.25) is 0 Å². The second-order valence-corrected chi connectivity index (χ2v) is 4.90. The SMILES string of the molecule is Nc1cccc(OC[C@@H]2C[C@@H]2c2ccccc2)c1. The Morgan fingerprint density at radius 1 is 1.06 bits per heavy atom. The number of benzene rings is 2. The minimum absolute atomic E-state index is 0.647. The third-order valence-electron chi connectivity index (χ3n) is 3.47. The molecule has 0 bridgehead atoms. The van der Waals surface area contributed by atoms with Gasteiger partial charge >= 0.3 is 0 Å². The summed E-state index contributed by atoms with van der Waals surface area (Å²) in [6.45, 7) is 0.781. The van der Waals surface area contributed by atoms with Gasteiger partial charge in [-0.15, -0.1) is 0 Å². The van der Waals surface area contributed by atoms with Gasteiger partial charge in [0.1, 0.15) is 5.75 Å². The van der Waals surface area contributed by atoms with E-state index in [9.17, 15) is 0 Å². The summed E-state index contributed by atoms with van der Waals surface area (Å²) in [6, 6.07) is 18.3. The third-order valence-corrected chi connectivity index (χ3v) is 3.47. The van der Waals surface area contributed by atoms with Gasteiger partial charge in [-0.2, -0.15) is 0 Å². The summed E-state index contributed by atoms with van der Waals surface area (Å²) in [4.78, 5) is 0. The van der Waals surface area contributed by atoms with Crippen molar-refractivity contribution in [3.8, 4) is 5.75 Å². The van der Waals surface area contributed by atoms with E-state index in [1.54, 1.807) is 0 Å². The van der Waals surface area contributed by atoms with Gasteiger partial charge in [0.15, 0.2) is 0 Å². The maximum Gasteiger partial charge on any atom is 0.121 e. The summed E-state index contributed by atoms with van der Waals surface area (Å²) in [7, 11) is 0. The van der Waals surface area contributed by atoms with Crippen LogP contribution in [-0.2, 0) is 0 Å². The molecule has 1 aliphatic carbocycles. The second-order valence-electron chi connectivity index (χ2n) is 4.90. The molecular weight excluding hydrogens is 222 g/mol. The zero-order valence-electron chi connectivity index (χ0n) is 10.3. The molecular formula is C16H17NO. The fraction of sp³-hybridized carbons (Fsp3) is 0.250. The largest absolute Gasteiger partial charge is 0.493 e. The zero-order valence-corrected chi connectivity index (χ0v) is 10.3. The molecule has 92 valence electrons. The molecule has 2 atom stereocenters. The number of nitrogens with two attached hydrogens (primary N) is 1. The van der Waals surface area contributed by atoms with Crippen LogP contribution in [-0.4, -0.2) is 6.61 Å². The fourth-order valence-electron chi connectivity index (χ4n) is 2.35. The summed E-state index contributed by atoms with van der Waals surface area (Å²) in [5.74, 6) is 2.19. The molecule has 3 rings (SSSR count). The number of ether oxygens (including phenoxy) is 1. The monoisotopic (exact) mass is 239 g/mol. The molecule has 0 amide bonds. The molecule has 0 heterocycles. The minimum atomic E-state index is 0.647. The molecule has 1 fully saturated rings. The minimum Gasteiger partial charge on any atom is -0.493 e. The molecule has 0 aliphatic heterocycles. The molecule has 2 aromatic carbocycles. The van der Waals surface area contributed by atoms with Crippen LogP contribution in [0.3, 0.4) is 0 Å². The Morgan fingerprint density at radius 2 is 1.89 bits per heavy atom. The molecule has 2 aromatic rings. The van der Waals surface area contributed by atoms with E-state index in [4.69, 9.17) is 10.5 Å². The van der Waals surface area contributed by atoms with Gasteiger partial charge in [0.05, 0.1) is 6.61 Å². The lowest BCUT2D eigenvalue weighted by atomic mass is 10.1. The van der Waals surface area contributed by atoms with E-state index in [0.717, 1.165) is 18.0 Å². The van der Waals surface area contributed by atoms with E-state index in [-0.39, 0.29) is 0 Å². The normalized spacial score (nSPS) is 21.6. The highest BCUT2D eigenvalue weighted by Gasteiger charge is 2.38. The molecule has 2 N–H and O–H groups in total. The van der Waals surface area contributed by atoms with Gasteiger partial charge in [-0.1, -0.05) is 36.4 Å². The number of rotatable bonds is 4. The van der Waals surface area contributed by atoms with Crippen molar-refractivity contribution < 1.29 is 4.74 Å². The van der Waals surface area contributed by atoms with Crippen LogP contribution in [0.4, 0.5) is 5.69 Å². The first kappa shape index (κ1) is 11.1. The Morgan fingerprint density at radius 3 is 2.67 bits per heavy atom. The van der Waals surface area contributed by atoms with Gasteiger partial charge in [-0.25, -0.2) is 0 Å². The molecule has 0 radical (unpaired) electrons. The lowest BCUT2D eigenvalue weighted by Crippen LogP contribution is -2.01. The van der Waals surface area contributed by atoms with E-state index < -0.39 is 0 Å². The van der Waals surface area contributed by atoms with Crippen LogP contribution in [0.5, 0.6) is 5.75 Å². The topological polar surface area (TPSA) is 35.2 Å². The first-order valence-corrected chi connectivity index (χ1v) is 6.36. The first-order valence-electron chi connectivity index (χ1n) is 6.36. The van der Waals surface area contributed by atoms with E-state index >= 15 is 0 Å². The molecule has 1 saturated carbocycles. The Balaban J connectivity index is 1.55. The van der Waals surface area contributed by atoms with E-state index in [1.165, 1.54) is 12.0 Å². The zero-order chi connectivity index (χ0) is 12.4. The molecule has 18 heavy (non-hydrogen) atoms. The first-order chi connectivity index (χ1) is 8.83. The summed E-state index contributed by atoms with van der Waals surface area (Å²) in [5.41, 5.74) is 7.90. The molecule has 0 saturated heterocycles. The van der Waals surface area contributed by atoms with Crippen molar-refractivity contribution in [1.29, 1.82) is 0 Å². The van der Waals surface area contributed by atoms with Crippen LogP contribution in [0.1, 0.15) is 17.9 Å². The average Bonchev–Trinajstić information content (AvgIpc) is 3.17. The predicted octanol–water partition coefficient (Wildman–Crippen LogP) is 3.45. The molecule has 0 unspecified atom stereocenters. The highest BCUT2D eigenvalue weighted by Crippen LogP contribution is 2.47. The summed E-state index contributed by atoms with van der Waals surface area (Å²) in [5, 5.41) is 0.